The Hall–Kier alpha value is -5.38. The first-order valence-corrected chi connectivity index (χ1v) is 12.7. The summed E-state index contributed by atoms with van der Waals surface area (Å²) in [5.41, 5.74) is 3.50. The Morgan fingerprint density at radius 2 is 1.78 bits per heavy atom. The van der Waals surface area contributed by atoms with Crippen LogP contribution in [0, 0.1) is 18.6 Å². The molecule has 0 spiro atoms. The number of carbonyl (C=O) groups is 1. The molecule has 0 bridgehead atoms. The van der Waals surface area contributed by atoms with Gasteiger partial charge in [0.1, 0.15) is 11.3 Å². The molecule has 4 heterocycles. The van der Waals surface area contributed by atoms with E-state index in [-0.39, 0.29) is 17.7 Å². The number of ketones is 1. The number of pyridine rings is 2. The van der Waals surface area contributed by atoms with Crippen molar-refractivity contribution in [2.45, 2.75) is 13.3 Å². The minimum atomic E-state index is -0.660. The van der Waals surface area contributed by atoms with Crippen LogP contribution in [0.4, 0.5) is 8.78 Å². The van der Waals surface area contributed by atoms with Gasteiger partial charge in [-0.05, 0) is 73.2 Å². The number of hydrogen-bond acceptors (Lipinski definition) is 5. The number of aromatic nitrogens is 5. The molecule has 6 aromatic rings. The lowest BCUT2D eigenvalue weighted by Gasteiger charge is -2.12. The van der Waals surface area contributed by atoms with Crippen LogP contribution in [0.25, 0.3) is 22.3 Å². The molecule has 0 amide bonds. The second-order valence-corrected chi connectivity index (χ2v) is 9.56. The van der Waals surface area contributed by atoms with Gasteiger partial charge in [0.2, 0.25) is 0 Å². The molecule has 6 rings (SSSR count). The summed E-state index contributed by atoms with van der Waals surface area (Å²) in [6, 6.07) is 16.2. The predicted octanol–water partition coefficient (Wildman–Crippen LogP) is 5.69. The molecule has 204 valence electrons. The Bertz CT molecular complexity index is 1990. The molecule has 0 aliphatic heterocycles. The highest BCUT2D eigenvalue weighted by Gasteiger charge is 2.17. The first-order valence-electron chi connectivity index (χ1n) is 12.7. The highest BCUT2D eigenvalue weighted by atomic mass is 19.1. The summed E-state index contributed by atoms with van der Waals surface area (Å²) in [6.45, 7) is 1.95. The van der Waals surface area contributed by atoms with Crippen LogP contribution < -0.4 is 10.3 Å². The molecule has 0 fully saturated rings. The summed E-state index contributed by atoms with van der Waals surface area (Å²) in [5.74, 6) is -1.19. The number of halogens is 2. The fourth-order valence-electron chi connectivity index (χ4n) is 4.66. The molecule has 0 saturated carbocycles. The van der Waals surface area contributed by atoms with E-state index < -0.39 is 23.0 Å². The molecule has 0 unspecified atom stereocenters. The van der Waals surface area contributed by atoms with Gasteiger partial charge in [-0.3, -0.25) is 18.8 Å². The zero-order valence-corrected chi connectivity index (χ0v) is 22.1. The number of rotatable bonds is 7. The normalized spacial score (nSPS) is 11.2. The van der Waals surface area contributed by atoms with Crippen molar-refractivity contribution in [2.75, 3.05) is 0 Å². The maximum atomic E-state index is 15.2. The van der Waals surface area contributed by atoms with E-state index >= 15 is 4.39 Å². The van der Waals surface area contributed by atoms with Crippen LogP contribution in [-0.4, -0.2) is 29.7 Å². The van der Waals surface area contributed by atoms with Crippen molar-refractivity contribution in [1.29, 1.82) is 0 Å². The third-order valence-corrected chi connectivity index (χ3v) is 6.95. The first kappa shape index (κ1) is 25.9. The first-order chi connectivity index (χ1) is 19.8. The van der Waals surface area contributed by atoms with Crippen LogP contribution in [-0.2, 0) is 13.5 Å². The fraction of sp³-hybridized carbons (Fsp3) is 0.0968. The maximum Gasteiger partial charge on any atom is 0.265 e. The summed E-state index contributed by atoms with van der Waals surface area (Å²) < 4.78 is 39.2. The van der Waals surface area contributed by atoms with Gasteiger partial charge in [-0.1, -0.05) is 6.07 Å². The lowest BCUT2D eigenvalue weighted by molar-refractivity contribution is 0.0991. The molecule has 0 radical (unpaired) electrons. The van der Waals surface area contributed by atoms with Crippen molar-refractivity contribution < 1.29 is 18.3 Å². The Kier molecular flexibility index (Phi) is 6.50. The van der Waals surface area contributed by atoms with Gasteiger partial charge in [0, 0.05) is 48.4 Å². The maximum absolute atomic E-state index is 15.2. The van der Waals surface area contributed by atoms with Crippen molar-refractivity contribution >= 4 is 11.3 Å². The summed E-state index contributed by atoms with van der Waals surface area (Å²) in [5, 5.41) is 8.61. The van der Waals surface area contributed by atoms with Gasteiger partial charge in [-0.25, -0.2) is 13.3 Å². The van der Waals surface area contributed by atoms with E-state index in [0.717, 1.165) is 16.8 Å². The van der Waals surface area contributed by atoms with Crippen molar-refractivity contribution in [1.82, 2.24) is 24.0 Å². The number of fused-ring (bicyclic) bond motifs is 1. The minimum Gasteiger partial charge on any atom is -0.452 e. The molecular weight excluding hydrogens is 528 g/mol. The molecule has 2 aromatic carbocycles. The molecule has 10 heteroatoms. The van der Waals surface area contributed by atoms with Crippen molar-refractivity contribution in [2.24, 2.45) is 7.05 Å². The van der Waals surface area contributed by atoms with Crippen molar-refractivity contribution in [3.05, 3.63) is 130 Å². The molecule has 0 aliphatic carbocycles. The average molecular weight is 552 g/mol. The van der Waals surface area contributed by atoms with Gasteiger partial charge < -0.3 is 4.74 Å². The second kappa shape index (κ2) is 10.3. The molecule has 0 saturated heterocycles. The van der Waals surface area contributed by atoms with Crippen molar-refractivity contribution in [3.63, 3.8) is 0 Å². The topological polar surface area (TPSA) is 83.4 Å². The van der Waals surface area contributed by atoms with Crippen LogP contribution in [0.3, 0.4) is 0 Å². The molecule has 0 N–H and O–H groups in total. The van der Waals surface area contributed by atoms with Gasteiger partial charge in [0.05, 0.1) is 18.0 Å². The molecule has 4 aromatic heterocycles. The van der Waals surface area contributed by atoms with Gasteiger partial charge in [0.25, 0.3) is 5.56 Å². The van der Waals surface area contributed by atoms with Gasteiger partial charge in [0.15, 0.2) is 23.1 Å². The van der Waals surface area contributed by atoms with Gasteiger partial charge in [-0.15, -0.1) is 0 Å². The smallest absolute Gasteiger partial charge is 0.265 e. The Balaban J connectivity index is 1.25. The van der Waals surface area contributed by atoms with E-state index in [2.05, 4.69) is 10.2 Å². The number of ether oxygens (including phenoxy) is 1. The number of Topliss-reactive ketones (excluding diaryl/α,β-unsaturated/α-hetero) is 1. The van der Waals surface area contributed by atoms with Crippen molar-refractivity contribution in [3.8, 4) is 28.3 Å². The third-order valence-electron chi connectivity index (χ3n) is 6.95. The highest BCUT2D eigenvalue weighted by molar-refractivity contribution is 5.97. The molecule has 0 atom stereocenters. The van der Waals surface area contributed by atoms with Crippen LogP contribution in [0.15, 0.2) is 96.3 Å². The zero-order valence-electron chi connectivity index (χ0n) is 22.1. The second-order valence-electron chi connectivity index (χ2n) is 9.56. The van der Waals surface area contributed by atoms with Crippen LogP contribution in [0.1, 0.15) is 21.6 Å². The van der Waals surface area contributed by atoms with E-state index in [1.807, 2.05) is 20.2 Å². The lowest BCUT2D eigenvalue weighted by atomic mass is 10.0. The third kappa shape index (κ3) is 4.91. The van der Waals surface area contributed by atoms with E-state index in [1.165, 1.54) is 53.2 Å². The summed E-state index contributed by atoms with van der Waals surface area (Å²) in [4.78, 5) is 26.0. The Morgan fingerprint density at radius 1 is 0.976 bits per heavy atom. The molecular formula is C31H23F2N5O3. The Labute approximate surface area is 232 Å². The number of hydrogen-bond donors (Lipinski definition) is 0. The van der Waals surface area contributed by atoms with E-state index in [9.17, 15) is 14.0 Å². The summed E-state index contributed by atoms with van der Waals surface area (Å²) >= 11 is 0. The zero-order chi connectivity index (χ0) is 28.7. The molecule has 8 nitrogen and oxygen atoms in total. The Morgan fingerprint density at radius 3 is 2.51 bits per heavy atom. The largest absolute Gasteiger partial charge is 0.452 e. The molecule has 0 aliphatic rings. The SMILES string of the molecule is Cc1c(-c2cc(Oc3ccc(CC(=O)c4cccn(-c5ccc(F)cc5)c4=O)cc3F)c3ccnn3c2)cnn1C. The number of aryl methyl sites for hydroxylation is 1. The molecule has 41 heavy (non-hydrogen) atoms. The number of carbonyl (C=O) groups excluding carboxylic acids is 1. The minimum absolute atomic E-state index is 0.0252. The average Bonchev–Trinajstić information content (AvgIpc) is 3.57. The summed E-state index contributed by atoms with van der Waals surface area (Å²) in [6.07, 6.45) is 6.53. The highest BCUT2D eigenvalue weighted by Crippen LogP contribution is 2.33. The van der Waals surface area contributed by atoms with Crippen LogP contribution >= 0.6 is 0 Å². The lowest BCUT2D eigenvalue weighted by Crippen LogP contribution is -2.25. The van der Waals surface area contributed by atoms with E-state index in [4.69, 9.17) is 4.74 Å². The van der Waals surface area contributed by atoms with Gasteiger partial charge in [-0.2, -0.15) is 10.2 Å². The predicted molar refractivity (Wildman–Crippen MR) is 149 cm³/mol. The number of nitrogens with zero attached hydrogens (tertiary/aromatic N) is 5. The van der Waals surface area contributed by atoms with Crippen LogP contribution in [0.5, 0.6) is 11.5 Å². The monoisotopic (exact) mass is 551 g/mol. The van der Waals surface area contributed by atoms with E-state index in [1.54, 1.807) is 45.9 Å². The quantitative estimate of drug-likeness (QED) is 0.238. The van der Waals surface area contributed by atoms with Gasteiger partial charge >= 0.3 is 0 Å². The standard InChI is InChI=1S/C31H23F2N5O3/c1-19-25(17-35-36(19)2)21-16-30(27-11-12-34-38(27)18-21)41-29-10-5-20(14-26(29)33)15-28(39)24-4-3-13-37(31(24)40)23-8-6-22(32)7-9-23/h3-14,16-18H,15H2,1-2H3. The van der Waals surface area contributed by atoms with E-state index in [0.29, 0.717) is 22.5 Å². The summed E-state index contributed by atoms with van der Waals surface area (Å²) in [7, 11) is 1.85. The van der Waals surface area contributed by atoms with Crippen LogP contribution in [0.2, 0.25) is 0 Å². The fourth-order valence-corrected chi connectivity index (χ4v) is 4.66. The number of benzene rings is 2.